The molecule has 0 aliphatic heterocycles. The molecule has 0 heterocycles. The maximum Gasteiger partial charge on any atom is 0.123 e. The van der Waals surface area contributed by atoms with Crippen LogP contribution in [0.1, 0.15) is 49.0 Å². The summed E-state index contributed by atoms with van der Waals surface area (Å²) in [7, 11) is 0. The van der Waals surface area contributed by atoms with E-state index in [2.05, 4.69) is 25.2 Å². The van der Waals surface area contributed by atoms with Gasteiger partial charge in [0.15, 0.2) is 0 Å². The van der Waals surface area contributed by atoms with E-state index in [0.717, 1.165) is 17.5 Å². The molecule has 2 atom stereocenters. The van der Waals surface area contributed by atoms with Gasteiger partial charge >= 0.3 is 0 Å². The topological polar surface area (TPSA) is 35.8 Å². The van der Waals surface area contributed by atoms with Crippen molar-refractivity contribution in [2.75, 3.05) is 0 Å². The summed E-state index contributed by atoms with van der Waals surface area (Å²) in [5.41, 5.74) is 2.88. The van der Waals surface area contributed by atoms with E-state index in [0.29, 0.717) is 5.56 Å². The fraction of sp³-hybridized carbons (Fsp3) is 0.278. The Labute approximate surface area is 125 Å². The number of rotatable bonds is 5. The first kappa shape index (κ1) is 15.2. The Morgan fingerprint density at radius 2 is 1.62 bits per heavy atom. The van der Waals surface area contributed by atoms with Crippen LogP contribution in [-0.2, 0) is 0 Å². The zero-order valence-corrected chi connectivity index (χ0v) is 12.3. The Morgan fingerprint density at radius 1 is 1.05 bits per heavy atom. The predicted octanol–water partition coefficient (Wildman–Crippen LogP) is 4.50. The van der Waals surface area contributed by atoms with E-state index in [1.54, 1.807) is 0 Å². The quantitative estimate of drug-likeness (QED) is 0.876. The molecule has 0 aliphatic carbocycles. The van der Waals surface area contributed by atoms with Gasteiger partial charge in [-0.15, -0.1) is 0 Å². The van der Waals surface area contributed by atoms with Gasteiger partial charge in [-0.05, 0) is 48.7 Å². The highest BCUT2D eigenvalue weighted by molar-refractivity contribution is 5.33. The minimum Gasteiger partial charge on any atom is -0.303 e. The number of nitrogens with one attached hydrogen (secondary N) is 1. The van der Waals surface area contributed by atoms with E-state index in [-0.39, 0.29) is 17.9 Å². The monoisotopic (exact) mass is 282 g/mol. The molecule has 0 spiro atoms. The second-order valence-electron chi connectivity index (χ2n) is 5.13. The van der Waals surface area contributed by atoms with Crippen LogP contribution < -0.4 is 5.32 Å². The third kappa shape index (κ3) is 3.90. The summed E-state index contributed by atoms with van der Waals surface area (Å²) in [6.45, 7) is 4.19. The zero-order chi connectivity index (χ0) is 15.2. The van der Waals surface area contributed by atoms with Crippen LogP contribution in [0.15, 0.2) is 48.5 Å². The van der Waals surface area contributed by atoms with Crippen molar-refractivity contribution in [1.29, 1.82) is 5.26 Å². The lowest BCUT2D eigenvalue weighted by atomic mass is 10.0. The molecule has 2 rings (SSSR count). The van der Waals surface area contributed by atoms with Crippen LogP contribution >= 0.6 is 0 Å². The molecule has 2 aromatic rings. The molecule has 2 aromatic carbocycles. The van der Waals surface area contributed by atoms with Gasteiger partial charge in [-0.2, -0.15) is 5.26 Å². The van der Waals surface area contributed by atoms with Crippen LogP contribution in [0.5, 0.6) is 0 Å². The first-order valence-corrected chi connectivity index (χ1v) is 7.15. The van der Waals surface area contributed by atoms with Crippen molar-refractivity contribution in [3.63, 3.8) is 0 Å². The van der Waals surface area contributed by atoms with Crippen molar-refractivity contribution >= 4 is 0 Å². The van der Waals surface area contributed by atoms with Crippen molar-refractivity contribution in [2.24, 2.45) is 0 Å². The molecule has 0 fully saturated rings. The Morgan fingerprint density at radius 3 is 2.14 bits per heavy atom. The number of nitriles is 1. The molecule has 21 heavy (non-hydrogen) atoms. The molecule has 0 saturated carbocycles. The minimum atomic E-state index is -0.214. The van der Waals surface area contributed by atoms with Gasteiger partial charge in [0.2, 0.25) is 0 Å². The number of halogens is 1. The van der Waals surface area contributed by atoms with Crippen molar-refractivity contribution in [1.82, 2.24) is 5.32 Å². The van der Waals surface area contributed by atoms with Crippen LogP contribution in [0.4, 0.5) is 4.39 Å². The van der Waals surface area contributed by atoms with Gasteiger partial charge in [0.25, 0.3) is 0 Å². The average molecular weight is 282 g/mol. The predicted molar refractivity (Wildman–Crippen MR) is 82.1 cm³/mol. The molecule has 0 aromatic heterocycles. The molecule has 0 bridgehead atoms. The third-order valence-electron chi connectivity index (χ3n) is 3.67. The van der Waals surface area contributed by atoms with Crippen molar-refractivity contribution in [2.45, 2.75) is 32.4 Å². The van der Waals surface area contributed by atoms with E-state index in [1.165, 1.54) is 12.1 Å². The zero-order valence-electron chi connectivity index (χ0n) is 12.3. The summed E-state index contributed by atoms with van der Waals surface area (Å²) in [6, 6.07) is 16.7. The highest BCUT2D eigenvalue weighted by Gasteiger charge is 2.13. The van der Waals surface area contributed by atoms with Crippen molar-refractivity contribution in [3.05, 3.63) is 71.0 Å². The smallest absolute Gasteiger partial charge is 0.123 e. The Hall–Kier alpha value is -2.18. The molecule has 3 heteroatoms. The molecule has 2 nitrogen and oxygen atoms in total. The maximum atomic E-state index is 13.0. The molecular formula is C18H19FN2. The fourth-order valence-corrected chi connectivity index (χ4v) is 2.39. The van der Waals surface area contributed by atoms with Gasteiger partial charge in [-0.3, -0.25) is 0 Å². The first-order chi connectivity index (χ1) is 10.1. The lowest BCUT2D eigenvalue weighted by Crippen LogP contribution is -2.24. The summed E-state index contributed by atoms with van der Waals surface area (Å²) in [6.07, 6.45) is 0.923. The second-order valence-corrected chi connectivity index (χ2v) is 5.13. The highest BCUT2D eigenvalue weighted by atomic mass is 19.1. The first-order valence-electron chi connectivity index (χ1n) is 7.15. The summed E-state index contributed by atoms with van der Waals surface area (Å²) >= 11 is 0. The molecule has 0 saturated heterocycles. The lowest BCUT2D eigenvalue weighted by Gasteiger charge is -2.23. The van der Waals surface area contributed by atoms with E-state index >= 15 is 0 Å². The highest BCUT2D eigenvalue weighted by Crippen LogP contribution is 2.22. The second kappa shape index (κ2) is 7.01. The van der Waals surface area contributed by atoms with Gasteiger partial charge in [0.05, 0.1) is 11.6 Å². The number of nitrogens with zero attached hydrogens (tertiary/aromatic N) is 1. The van der Waals surface area contributed by atoms with Crippen LogP contribution in [0.25, 0.3) is 0 Å². The van der Waals surface area contributed by atoms with Gasteiger partial charge in [0, 0.05) is 12.1 Å². The Bertz CT molecular complexity index is 611. The van der Waals surface area contributed by atoms with Gasteiger partial charge in [0.1, 0.15) is 5.82 Å². The average Bonchev–Trinajstić information content (AvgIpc) is 2.53. The Kier molecular flexibility index (Phi) is 5.08. The van der Waals surface area contributed by atoms with Crippen LogP contribution in [-0.4, -0.2) is 0 Å². The molecule has 2 unspecified atom stereocenters. The van der Waals surface area contributed by atoms with Gasteiger partial charge in [-0.1, -0.05) is 31.2 Å². The normalized spacial score (nSPS) is 13.4. The van der Waals surface area contributed by atoms with E-state index in [4.69, 9.17) is 5.26 Å². The number of hydrogen-bond acceptors (Lipinski definition) is 2. The molecular weight excluding hydrogens is 263 g/mol. The number of hydrogen-bond donors (Lipinski definition) is 1. The SMILES string of the molecule is CCC(NC(C)c1ccc(C#N)cc1)c1ccc(F)cc1. The molecule has 0 radical (unpaired) electrons. The van der Waals surface area contributed by atoms with Crippen LogP contribution in [0, 0.1) is 17.1 Å². The largest absolute Gasteiger partial charge is 0.303 e. The molecule has 0 amide bonds. The molecule has 108 valence electrons. The maximum absolute atomic E-state index is 13.0. The lowest BCUT2D eigenvalue weighted by molar-refractivity contribution is 0.456. The minimum absolute atomic E-state index is 0.160. The van der Waals surface area contributed by atoms with Gasteiger partial charge < -0.3 is 5.32 Å². The van der Waals surface area contributed by atoms with E-state index < -0.39 is 0 Å². The van der Waals surface area contributed by atoms with E-state index in [9.17, 15) is 4.39 Å². The van der Waals surface area contributed by atoms with Crippen LogP contribution in [0.3, 0.4) is 0 Å². The van der Waals surface area contributed by atoms with Gasteiger partial charge in [-0.25, -0.2) is 4.39 Å². The molecule has 1 N–H and O–H groups in total. The fourth-order valence-electron chi connectivity index (χ4n) is 2.39. The van der Waals surface area contributed by atoms with Crippen molar-refractivity contribution < 1.29 is 4.39 Å². The van der Waals surface area contributed by atoms with Crippen molar-refractivity contribution in [3.8, 4) is 6.07 Å². The summed E-state index contributed by atoms with van der Waals surface area (Å²) in [5.74, 6) is -0.214. The summed E-state index contributed by atoms with van der Waals surface area (Å²) in [5, 5.41) is 12.4. The summed E-state index contributed by atoms with van der Waals surface area (Å²) in [4.78, 5) is 0. The summed E-state index contributed by atoms with van der Waals surface area (Å²) < 4.78 is 13.0. The van der Waals surface area contributed by atoms with Crippen LogP contribution in [0.2, 0.25) is 0 Å². The Balaban J connectivity index is 2.10. The third-order valence-corrected chi connectivity index (χ3v) is 3.67. The number of benzene rings is 2. The van der Waals surface area contributed by atoms with E-state index in [1.807, 2.05) is 36.4 Å². The molecule has 0 aliphatic rings. The standard InChI is InChI=1S/C18H19FN2/c1-3-18(16-8-10-17(19)11-9-16)21-13(2)15-6-4-14(12-20)5-7-15/h4-11,13,18,21H,3H2,1-2H3.